The lowest BCUT2D eigenvalue weighted by molar-refractivity contribution is 0.566. The number of nitrogens with one attached hydrogen (secondary N) is 1. The van der Waals surface area contributed by atoms with Crippen LogP contribution in [0, 0.1) is 0 Å². The predicted molar refractivity (Wildman–Crippen MR) is 89.0 cm³/mol. The number of hydrogen-bond acceptors (Lipinski definition) is 2. The van der Waals surface area contributed by atoms with Gasteiger partial charge < -0.3 is 10.2 Å². The van der Waals surface area contributed by atoms with Crippen molar-refractivity contribution in [2.45, 2.75) is 25.8 Å². The smallest absolute Gasteiger partial charge is 0.0369 e. The zero-order valence-corrected chi connectivity index (χ0v) is 12.6. The minimum Gasteiger partial charge on any atom is -0.370 e. The third-order valence-electron chi connectivity index (χ3n) is 4.85. The maximum Gasteiger partial charge on any atom is 0.0369 e. The largest absolute Gasteiger partial charge is 0.370 e. The summed E-state index contributed by atoms with van der Waals surface area (Å²) in [6.45, 7) is 5.62. The van der Waals surface area contributed by atoms with Gasteiger partial charge in [-0.05, 0) is 54.2 Å². The topological polar surface area (TPSA) is 15.3 Å². The molecule has 1 saturated heterocycles. The molecule has 1 aliphatic carbocycles. The van der Waals surface area contributed by atoms with Gasteiger partial charge in [-0.15, -0.1) is 0 Å². The summed E-state index contributed by atoms with van der Waals surface area (Å²) in [6.07, 6.45) is 2.30. The summed E-state index contributed by atoms with van der Waals surface area (Å²) in [5, 5.41) is 3.57. The van der Waals surface area contributed by atoms with Crippen LogP contribution in [0.4, 0.5) is 5.69 Å². The van der Waals surface area contributed by atoms with E-state index < -0.39 is 0 Å². The van der Waals surface area contributed by atoms with Crippen LogP contribution < -0.4 is 10.2 Å². The van der Waals surface area contributed by atoms with Gasteiger partial charge in [0.1, 0.15) is 0 Å². The van der Waals surface area contributed by atoms with Crippen LogP contribution in [0.25, 0.3) is 11.1 Å². The van der Waals surface area contributed by atoms with E-state index in [0.29, 0.717) is 6.04 Å². The molecule has 1 aliphatic heterocycles. The first-order valence-corrected chi connectivity index (χ1v) is 8.01. The monoisotopic (exact) mass is 278 g/mol. The van der Waals surface area contributed by atoms with Gasteiger partial charge in [-0.1, -0.05) is 30.3 Å². The number of benzene rings is 2. The number of rotatable bonds is 1. The maximum absolute atomic E-state index is 3.57. The molecule has 0 bridgehead atoms. The van der Waals surface area contributed by atoms with Crippen molar-refractivity contribution in [2.24, 2.45) is 0 Å². The van der Waals surface area contributed by atoms with Crippen LogP contribution in [0.5, 0.6) is 0 Å². The van der Waals surface area contributed by atoms with Crippen molar-refractivity contribution < 1.29 is 0 Å². The van der Waals surface area contributed by atoms with Gasteiger partial charge in [-0.3, -0.25) is 0 Å². The van der Waals surface area contributed by atoms with Crippen LogP contribution in [-0.4, -0.2) is 25.7 Å². The van der Waals surface area contributed by atoms with Crippen molar-refractivity contribution >= 4 is 5.69 Å². The molecule has 4 rings (SSSR count). The van der Waals surface area contributed by atoms with E-state index in [2.05, 4.69) is 59.6 Å². The highest BCUT2D eigenvalue weighted by atomic mass is 15.2. The van der Waals surface area contributed by atoms with Crippen LogP contribution in [0.1, 0.15) is 24.5 Å². The molecule has 1 N–H and O–H groups in total. The maximum atomic E-state index is 3.57. The third-order valence-corrected chi connectivity index (χ3v) is 4.85. The first-order valence-electron chi connectivity index (χ1n) is 8.01. The quantitative estimate of drug-likeness (QED) is 0.733. The van der Waals surface area contributed by atoms with Crippen molar-refractivity contribution in [1.82, 2.24) is 5.32 Å². The number of anilines is 1. The molecule has 2 nitrogen and oxygen atoms in total. The molecule has 0 amide bonds. The molecule has 0 radical (unpaired) electrons. The molecule has 2 heteroatoms. The Morgan fingerprint density at radius 3 is 2.81 bits per heavy atom. The lowest BCUT2D eigenvalue weighted by atomic mass is 10.1. The molecule has 0 aromatic heterocycles. The second kappa shape index (κ2) is 5.19. The summed E-state index contributed by atoms with van der Waals surface area (Å²) in [4.78, 5) is 2.53. The highest BCUT2D eigenvalue weighted by molar-refractivity contribution is 5.78. The van der Waals surface area contributed by atoms with Gasteiger partial charge in [-0.25, -0.2) is 0 Å². The van der Waals surface area contributed by atoms with Gasteiger partial charge in [0.2, 0.25) is 0 Å². The van der Waals surface area contributed by atoms with E-state index in [0.717, 1.165) is 26.1 Å². The Balaban J connectivity index is 1.64. The summed E-state index contributed by atoms with van der Waals surface area (Å²) < 4.78 is 0. The van der Waals surface area contributed by atoms with Crippen molar-refractivity contribution in [3.8, 4) is 11.1 Å². The van der Waals surface area contributed by atoms with E-state index in [-0.39, 0.29) is 0 Å². The Morgan fingerprint density at radius 2 is 1.86 bits per heavy atom. The number of fused-ring (bicyclic) bond motifs is 3. The predicted octanol–water partition coefficient (Wildman–Crippen LogP) is 3.45. The Kier molecular flexibility index (Phi) is 3.19. The van der Waals surface area contributed by atoms with E-state index in [9.17, 15) is 0 Å². The molecule has 1 unspecified atom stereocenters. The average molecular weight is 278 g/mol. The van der Waals surface area contributed by atoms with Crippen LogP contribution >= 0.6 is 0 Å². The normalized spacial score (nSPS) is 20.8. The molecular weight excluding hydrogens is 256 g/mol. The van der Waals surface area contributed by atoms with Crippen LogP contribution in [0.2, 0.25) is 0 Å². The molecule has 21 heavy (non-hydrogen) atoms. The van der Waals surface area contributed by atoms with E-state index in [1.807, 2.05) is 0 Å². The van der Waals surface area contributed by atoms with Gasteiger partial charge >= 0.3 is 0 Å². The molecule has 0 saturated carbocycles. The first-order chi connectivity index (χ1) is 10.3. The van der Waals surface area contributed by atoms with Gasteiger partial charge in [0, 0.05) is 31.4 Å². The van der Waals surface area contributed by atoms with Crippen molar-refractivity contribution in [2.75, 3.05) is 24.5 Å². The molecule has 2 aromatic carbocycles. The van der Waals surface area contributed by atoms with Crippen molar-refractivity contribution in [3.05, 3.63) is 53.6 Å². The molecular formula is C19H22N2. The first kappa shape index (κ1) is 12.9. The second-order valence-electron chi connectivity index (χ2n) is 6.31. The van der Waals surface area contributed by atoms with E-state index >= 15 is 0 Å². The third kappa shape index (κ3) is 2.34. The Morgan fingerprint density at radius 1 is 1.00 bits per heavy atom. The zero-order chi connectivity index (χ0) is 14.2. The molecule has 2 aromatic rings. The lowest BCUT2D eigenvalue weighted by Crippen LogP contribution is -2.29. The lowest BCUT2D eigenvalue weighted by Gasteiger charge is -2.23. The average Bonchev–Trinajstić information content (AvgIpc) is 2.73. The standard InChI is InChI=1S/C19H22N2/c1-14-8-10-21(11-9-20-14)17-6-7-19-16(13-17)12-15-4-2-3-5-18(15)19/h2-7,13-14,20H,8-12H2,1H3. The van der Waals surface area contributed by atoms with Crippen LogP contribution in [0.3, 0.4) is 0 Å². The van der Waals surface area contributed by atoms with Crippen LogP contribution in [-0.2, 0) is 6.42 Å². The minimum absolute atomic E-state index is 0.633. The highest BCUT2D eigenvalue weighted by Crippen LogP contribution is 2.38. The Labute approximate surface area is 126 Å². The molecule has 2 aliphatic rings. The summed E-state index contributed by atoms with van der Waals surface area (Å²) >= 11 is 0. The van der Waals surface area contributed by atoms with Crippen LogP contribution in [0.15, 0.2) is 42.5 Å². The number of hydrogen-bond donors (Lipinski definition) is 1. The molecule has 108 valence electrons. The molecule has 1 fully saturated rings. The fourth-order valence-electron chi connectivity index (χ4n) is 3.60. The summed E-state index contributed by atoms with van der Waals surface area (Å²) in [6, 6.07) is 16.5. The fourth-order valence-corrected chi connectivity index (χ4v) is 3.60. The minimum atomic E-state index is 0.633. The van der Waals surface area contributed by atoms with Gasteiger partial charge in [0.05, 0.1) is 0 Å². The molecule has 0 spiro atoms. The summed E-state index contributed by atoms with van der Waals surface area (Å²) in [5.41, 5.74) is 7.19. The van der Waals surface area contributed by atoms with E-state index in [4.69, 9.17) is 0 Å². The zero-order valence-electron chi connectivity index (χ0n) is 12.6. The Bertz CT molecular complexity index is 662. The number of nitrogens with zero attached hydrogens (tertiary/aromatic N) is 1. The SMILES string of the molecule is CC1CCN(c2ccc3c(c2)Cc2ccccc2-3)CCN1. The van der Waals surface area contributed by atoms with E-state index in [1.165, 1.54) is 34.4 Å². The Hall–Kier alpha value is -1.80. The summed E-state index contributed by atoms with van der Waals surface area (Å²) in [7, 11) is 0. The molecule has 1 atom stereocenters. The van der Waals surface area contributed by atoms with Gasteiger partial charge in [0.25, 0.3) is 0 Å². The van der Waals surface area contributed by atoms with E-state index in [1.54, 1.807) is 0 Å². The summed E-state index contributed by atoms with van der Waals surface area (Å²) in [5.74, 6) is 0. The van der Waals surface area contributed by atoms with Crippen molar-refractivity contribution in [3.63, 3.8) is 0 Å². The highest BCUT2D eigenvalue weighted by Gasteiger charge is 2.20. The molecule has 1 heterocycles. The van der Waals surface area contributed by atoms with Crippen molar-refractivity contribution in [1.29, 1.82) is 0 Å². The fraction of sp³-hybridized carbons (Fsp3) is 0.368. The van der Waals surface area contributed by atoms with Gasteiger partial charge in [-0.2, -0.15) is 0 Å². The second-order valence-corrected chi connectivity index (χ2v) is 6.31. The van der Waals surface area contributed by atoms with Gasteiger partial charge in [0.15, 0.2) is 0 Å².